The minimum Gasteiger partial charge on any atom is -0.481 e. The van der Waals surface area contributed by atoms with Gasteiger partial charge in [-0.05, 0) is 19.8 Å². The number of nitrogens with zero attached hydrogens (tertiary/aromatic N) is 2. The SMILES string of the molecule is Cc1nc(CCCCC(=O)O)n[nH]1. The summed E-state index contributed by atoms with van der Waals surface area (Å²) in [6.07, 6.45) is 2.48. The molecule has 0 atom stereocenters. The van der Waals surface area contributed by atoms with Gasteiger partial charge < -0.3 is 5.11 Å². The number of hydrogen-bond donors (Lipinski definition) is 2. The van der Waals surface area contributed by atoms with Crippen LogP contribution in [0.25, 0.3) is 0 Å². The fourth-order valence-electron chi connectivity index (χ4n) is 1.06. The number of carbonyl (C=O) groups is 1. The van der Waals surface area contributed by atoms with Crippen LogP contribution < -0.4 is 0 Å². The summed E-state index contributed by atoms with van der Waals surface area (Å²) in [5.41, 5.74) is 0. The van der Waals surface area contributed by atoms with E-state index in [4.69, 9.17) is 5.11 Å². The van der Waals surface area contributed by atoms with E-state index in [1.165, 1.54) is 0 Å². The van der Waals surface area contributed by atoms with E-state index in [1.54, 1.807) is 0 Å². The molecule has 0 aromatic carbocycles. The van der Waals surface area contributed by atoms with Crippen molar-refractivity contribution in [2.24, 2.45) is 0 Å². The molecule has 0 aliphatic carbocycles. The van der Waals surface area contributed by atoms with Crippen LogP contribution in [0.5, 0.6) is 0 Å². The van der Waals surface area contributed by atoms with Crippen molar-refractivity contribution in [1.82, 2.24) is 15.2 Å². The molecule has 0 fully saturated rings. The summed E-state index contributed by atoms with van der Waals surface area (Å²) in [6, 6.07) is 0. The number of carboxylic acid groups (broad SMARTS) is 1. The summed E-state index contributed by atoms with van der Waals surface area (Å²) in [4.78, 5) is 14.3. The van der Waals surface area contributed by atoms with Crippen LogP contribution in [0.2, 0.25) is 0 Å². The first-order valence-electron chi connectivity index (χ1n) is 4.28. The molecule has 0 spiro atoms. The molecule has 5 heteroatoms. The Bertz CT molecular complexity index is 283. The predicted molar refractivity (Wildman–Crippen MR) is 46.3 cm³/mol. The average molecular weight is 183 g/mol. The first kappa shape index (κ1) is 9.70. The second-order valence-electron chi connectivity index (χ2n) is 2.94. The lowest BCUT2D eigenvalue weighted by molar-refractivity contribution is -0.137. The highest BCUT2D eigenvalue weighted by molar-refractivity contribution is 5.66. The normalized spacial score (nSPS) is 10.2. The third-order valence-corrected chi connectivity index (χ3v) is 1.68. The van der Waals surface area contributed by atoms with Gasteiger partial charge in [0, 0.05) is 12.8 Å². The molecule has 0 amide bonds. The molecule has 1 rings (SSSR count). The van der Waals surface area contributed by atoms with Gasteiger partial charge in [0.25, 0.3) is 0 Å². The Kier molecular flexibility index (Phi) is 3.42. The van der Waals surface area contributed by atoms with Crippen LogP contribution in [0, 0.1) is 6.92 Å². The topological polar surface area (TPSA) is 78.9 Å². The van der Waals surface area contributed by atoms with E-state index in [1.807, 2.05) is 6.92 Å². The second-order valence-corrected chi connectivity index (χ2v) is 2.94. The van der Waals surface area contributed by atoms with Gasteiger partial charge in [0.15, 0.2) is 5.82 Å². The fourth-order valence-corrected chi connectivity index (χ4v) is 1.06. The molecule has 1 heterocycles. The summed E-state index contributed by atoms with van der Waals surface area (Å²) in [5.74, 6) is 0.822. The van der Waals surface area contributed by atoms with E-state index in [0.29, 0.717) is 6.42 Å². The molecule has 13 heavy (non-hydrogen) atoms. The zero-order valence-corrected chi connectivity index (χ0v) is 7.58. The summed E-state index contributed by atoms with van der Waals surface area (Å²) in [6.45, 7) is 1.84. The Labute approximate surface area is 76.2 Å². The van der Waals surface area contributed by atoms with Crippen molar-refractivity contribution in [3.8, 4) is 0 Å². The van der Waals surface area contributed by atoms with Crippen LogP contribution in [0.4, 0.5) is 0 Å². The van der Waals surface area contributed by atoms with E-state index >= 15 is 0 Å². The molecule has 0 bridgehead atoms. The highest BCUT2D eigenvalue weighted by Gasteiger charge is 2.00. The van der Waals surface area contributed by atoms with E-state index in [9.17, 15) is 4.79 Å². The number of carboxylic acids is 1. The van der Waals surface area contributed by atoms with Crippen LogP contribution in [0.1, 0.15) is 30.9 Å². The predicted octanol–water partition coefficient (Wildman–Crippen LogP) is 0.911. The van der Waals surface area contributed by atoms with Crippen molar-refractivity contribution in [3.05, 3.63) is 11.6 Å². The highest BCUT2D eigenvalue weighted by atomic mass is 16.4. The zero-order valence-electron chi connectivity index (χ0n) is 7.58. The summed E-state index contributed by atoms with van der Waals surface area (Å²) in [7, 11) is 0. The van der Waals surface area contributed by atoms with Crippen LogP contribution in [0.3, 0.4) is 0 Å². The number of aromatic amines is 1. The van der Waals surface area contributed by atoms with Crippen LogP contribution in [0.15, 0.2) is 0 Å². The van der Waals surface area contributed by atoms with Crippen molar-refractivity contribution < 1.29 is 9.90 Å². The van der Waals surface area contributed by atoms with Gasteiger partial charge in [-0.25, -0.2) is 4.98 Å². The highest BCUT2D eigenvalue weighted by Crippen LogP contribution is 2.01. The number of nitrogens with one attached hydrogen (secondary N) is 1. The van der Waals surface area contributed by atoms with Crippen LogP contribution >= 0.6 is 0 Å². The summed E-state index contributed by atoms with van der Waals surface area (Å²) in [5, 5.41) is 15.1. The minimum atomic E-state index is -0.744. The molecular formula is C8H13N3O2. The number of aromatic nitrogens is 3. The maximum absolute atomic E-state index is 10.2. The number of unbranched alkanes of at least 4 members (excludes halogenated alkanes) is 1. The number of hydrogen-bond acceptors (Lipinski definition) is 3. The Morgan fingerprint density at radius 2 is 2.31 bits per heavy atom. The Morgan fingerprint density at radius 1 is 1.54 bits per heavy atom. The van der Waals surface area contributed by atoms with Gasteiger partial charge in [-0.2, -0.15) is 5.10 Å². The first-order chi connectivity index (χ1) is 6.18. The van der Waals surface area contributed by atoms with Crippen molar-refractivity contribution >= 4 is 5.97 Å². The van der Waals surface area contributed by atoms with Crippen molar-refractivity contribution in [2.45, 2.75) is 32.6 Å². The average Bonchev–Trinajstić information content (AvgIpc) is 2.45. The lowest BCUT2D eigenvalue weighted by Gasteiger charge is -1.93. The standard InChI is InChI=1S/C8H13N3O2/c1-6-9-7(11-10-6)4-2-3-5-8(12)13/h2-5H2,1H3,(H,12,13)(H,9,10,11). The maximum Gasteiger partial charge on any atom is 0.303 e. The number of aryl methyl sites for hydroxylation is 2. The minimum absolute atomic E-state index is 0.226. The summed E-state index contributed by atoms with van der Waals surface area (Å²) < 4.78 is 0. The van der Waals surface area contributed by atoms with Gasteiger partial charge in [-0.15, -0.1) is 0 Å². The van der Waals surface area contributed by atoms with Gasteiger partial charge >= 0.3 is 5.97 Å². The molecule has 2 N–H and O–H groups in total. The molecule has 0 saturated carbocycles. The van der Waals surface area contributed by atoms with Gasteiger partial charge in [-0.3, -0.25) is 9.89 Å². The van der Waals surface area contributed by atoms with Crippen LogP contribution in [-0.4, -0.2) is 26.3 Å². The van der Waals surface area contributed by atoms with E-state index in [2.05, 4.69) is 15.2 Å². The molecule has 72 valence electrons. The molecule has 0 radical (unpaired) electrons. The Balaban J connectivity index is 2.16. The molecule has 1 aromatic rings. The lowest BCUT2D eigenvalue weighted by Crippen LogP contribution is -1.95. The Morgan fingerprint density at radius 3 is 2.85 bits per heavy atom. The number of rotatable bonds is 5. The molecule has 0 aliphatic rings. The number of H-pyrrole nitrogens is 1. The zero-order chi connectivity index (χ0) is 9.68. The lowest BCUT2D eigenvalue weighted by atomic mass is 10.2. The third-order valence-electron chi connectivity index (χ3n) is 1.68. The van der Waals surface area contributed by atoms with Crippen molar-refractivity contribution in [1.29, 1.82) is 0 Å². The van der Waals surface area contributed by atoms with Gasteiger partial charge in [-0.1, -0.05) is 0 Å². The molecule has 1 aromatic heterocycles. The Hall–Kier alpha value is -1.39. The molecular weight excluding hydrogens is 170 g/mol. The molecule has 0 aliphatic heterocycles. The van der Waals surface area contributed by atoms with Gasteiger partial charge in [0.05, 0.1) is 0 Å². The van der Waals surface area contributed by atoms with E-state index in [0.717, 1.165) is 24.5 Å². The molecule has 0 saturated heterocycles. The largest absolute Gasteiger partial charge is 0.481 e. The fraction of sp³-hybridized carbons (Fsp3) is 0.625. The maximum atomic E-state index is 10.2. The smallest absolute Gasteiger partial charge is 0.303 e. The second kappa shape index (κ2) is 4.59. The third kappa shape index (κ3) is 3.68. The van der Waals surface area contributed by atoms with Crippen LogP contribution in [-0.2, 0) is 11.2 Å². The quantitative estimate of drug-likeness (QED) is 0.665. The van der Waals surface area contributed by atoms with Gasteiger partial charge in [0.2, 0.25) is 0 Å². The van der Waals surface area contributed by atoms with Crippen molar-refractivity contribution in [2.75, 3.05) is 0 Å². The van der Waals surface area contributed by atoms with E-state index in [-0.39, 0.29) is 6.42 Å². The number of aliphatic carboxylic acids is 1. The monoisotopic (exact) mass is 183 g/mol. The molecule has 5 nitrogen and oxygen atoms in total. The van der Waals surface area contributed by atoms with Crippen molar-refractivity contribution in [3.63, 3.8) is 0 Å². The van der Waals surface area contributed by atoms with Gasteiger partial charge in [0.1, 0.15) is 5.82 Å². The summed E-state index contributed by atoms with van der Waals surface area (Å²) >= 11 is 0. The van der Waals surface area contributed by atoms with E-state index < -0.39 is 5.97 Å². The molecule has 0 unspecified atom stereocenters. The first-order valence-corrected chi connectivity index (χ1v) is 4.28.